The second-order valence-corrected chi connectivity index (χ2v) is 5.55. The predicted octanol–water partition coefficient (Wildman–Crippen LogP) is 5.02. The average Bonchev–Trinajstić information content (AvgIpc) is 2.63. The molecular weight excluding hydrogens is 296 g/mol. The largest absolute Gasteiger partial charge is 0.488 e. The fraction of sp³-hybridized carbons (Fsp3) is 0.0952. The molecule has 0 aliphatic heterocycles. The van der Waals surface area contributed by atoms with Crippen LogP contribution in [0.5, 0.6) is 5.75 Å². The van der Waals surface area contributed by atoms with E-state index >= 15 is 0 Å². The monoisotopic (exact) mass is 316 g/mol. The number of rotatable bonds is 6. The van der Waals surface area contributed by atoms with E-state index in [2.05, 4.69) is 41.7 Å². The molecule has 3 heteroatoms. The molecule has 0 radical (unpaired) electrons. The Labute approximate surface area is 142 Å². The summed E-state index contributed by atoms with van der Waals surface area (Å²) in [5.41, 5.74) is 7.30. The first kappa shape index (κ1) is 15.8. The summed E-state index contributed by atoms with van der Waals surface area (Å²) in [6.45, 7) is 2.60. The van der Waals surface area contributed by atoms with Crippen LogP contribution in [0.1, 0.15) is 16.7 Å². The van der Waals surface area contributed by atoms with Gasteiger partial charge in [-0.25, -0.2) is 0 Å². The first-order valence-corrected chi connectivity index (χ1v) is 7.93. The topological polar surface area (TPSA) is 33.6 Å². The lowest BCUT2D eigenvalue weighted by Crippen LogP contribution is -1.99. The van der Waals surface area contributed by atoms with Crippen LogP contribution in [0.25, 0.3) is 0 Å². The fourth-order valence-corrected chi connectivity index (χ4v) is 2.26. The number of para-hydroxylation sites is 1. The minimum absolute atomic E-state index is 0.539. The van der Waals surface area contributed by atoms with E-state index in [4.69, 9.17) is 4.74 Å². The summed E-state index contributed by atoms with van der Waals surface area (Å²) >= 11 is 0. The molecule has 3 aromatic carbocycles. The van der Waals surface area contributed by atoms with Crippen LogP contribution in [-0.4, -0.2) is 6.21 Å². The molecule has 0 atom stereocenters. The van der Waals surface area contributed by atoms with Crippen molar-refractivity contribution in [3.05, 3.63) is 95.6 Å². The van der Waals surface area contributed by atoms with Crippen LogP contribution in [0.3, 0.4) is 0 Å². The van der Waals surface area contributed by atoms with Crippen molar-refractivity contribution >= 4 is 11.9 Å². The molecule has 3 rings (SSSR count). The molecular formula is C21H20N2O. The second-order valence-electron chi connectivity index (χ2n) is 5.55. The van der Waals surface area contributed by atoms with Gasteiger partial charge in [0.2, 0.25) is 0 Å². The molecule has 0 heterocycles. The van der Waals surface area contributed by atoms with Crippen LogP contribution < -0.4 is 10.2 Å². The van der Waals surface area contributed by atoms with Crippen molar-refractivity contribution in [1.29, 1.82) is 0 Å². The Morgan fingerprint density at radius 3 is 2.38 bits per heavy atom. The highest BCUT2D eigenvalue weighted by molar-refractivity contribution is 5.84. The molecule has 0 bridgehead atoms. The van der Waals surface area contributed by atoms with Gasteiger partial charge in [0.15, 0.2) is 0 Å². The molecule has 3 nitrogen and oxygen atoms in total. The molecule has 0 aliphatic carbocycles. The zero-order chi connectivity index (χ0) is 16.6. The molecule has 0 spiro atoms. The van der Waals surface area contributed by atoms with Gasteiger partial charge in [-0.05, 0) is 36.8 Å². The average molecular weight is 316 g/mol. The zero-order valence-corrected chi connectivity index (χ0v) is 13.6. The SMILES string of the molecule is Cc1ccc(N/N=C/c2ccccc2OCc2ccccc2)cc1. The first-order valence-electron chi connectivity index (χ1n) is 7.93. The number of nitrogens with zero attached hydrogens (tertiary/aromatic N) is 1. The van der Waals surface area contributed by atoms with Crippen LogP contribution in [0.4, 0.5) is 5.69 Å². The van der Waals surface area contributed by atoms with Crippen molar-refractivity contribution in [2.24, 2.45) is 5.10 Å². The van der Waals surface area contributed by atoms with Gasteiger partial charge >= 0.3 is 0 Å². The van der Waals surface area contributed by atoms with Crippen molar-refractivity contribution in [3.8, 4) is 5.75 Å². The third kappa shape index (κ3) is 4.46. The summed E-state index contributed by atoms with van der Waals surface area (Å²) in [5, 5.41) is 4.30. The van der Waals surface area contributed by atoms with Crippen molar-refractivity contribution < 1.29 is 4.74 Å². The summed E-state index contributed by atoms with van der Waals surface area (Å²) in [6, 6.07) is 26.1. The Hall–Kier alpha value is -3.07. The van der Waals surface area contributed by atoms with Gasteiger partial charge in [-0.2, -0.15) is 5.10 Å². The number of aryl methyl sites for hydroxylation is 1. The molecule has 0 saturated heterocycles. The number of hydrogen-bond acceptors (Lipinski definition) is 3. The van der Waals surface area contributed by atoms with E-state index in [0.717, 1.165) is 22.6 Å². The van der Waals surface area contributed by atoms with Crippen LogP contribution in [0.2, 0.25) is 0 Å². The molecule has 1 N–H and O–H groups in total. The highest BCUT2D eigenvalue weighted by Crippen LogP contribution is 2.18. The van der Waals surface area contributed by atoms with Crippen molar-refractivity contribution in [2.45, 2.75) is 13.5 Å². The minimum Gasteiger partial charge on any atom is -0.488 e. The molecule has 0 aromatic heterocycles. The Bertz CT molecular complexity index is 796. The Morgan fingerprint density at radius 2 is 1.58 bits per heavy atom. The van der Waals surface area contributed by atoms with Gasteiger partial charge < -0.3 is 4.74 Å². The van der Waals surface area contributed by atoms with Crippen molar-refractivity contribution in [1.82, 2.24) is 0 Å². The molecule has 0 saturated carbocycles. The number of ether oxygens (including phenoxy) is 1. The van der Waals surface area contributed by atoms with Crippen molar-refractivity contribution in [3.63, 3.8) is 0 Å². The van der Waals surface area contributed by atoms with E-state index in [1.165, 1.54) is 5.56 Å². The second kappa shape index (κ2) is 7.97. The Morgan fingerprint density at radius 1 is 0.875 bits per heavy atom. The number of hydrazone groups is 1. The Balaban J connectivity index is 1.65. The molecule has 120 valence electrons. The van der Waals surface area contributed by atoms with Crippen LogP contribution >= 0.6 is 0 Å². The maximum atomic E-state index is 5.92. The van der Waals surface area contributed by atoms with E-state index in [0.29, 0.717) is 6.61 Å². The summed E-state index contributed by atoms with van der Waals surface area (Å²) in [7, 11) is 0. The lowest BCUT2D eigenvalue weighted by atomic mass is 10.2. The van der Waals surface area contributed by atoms with Gasteiger partial charge in [-0.3, -0.25) is 5.43 Å². The van der Waals surface area contributed by atoms with Crippen LogP contribution in [-0.2, 0) is 6.61 Å². The number of benzene rings is 3. The molecule has 24 heavy (non-hydrogen) atoms. The quantitative estimate of drug-likeness (QED) is 0.512. The molecule has 0 fully saturated rings. The van der Waals surface area contributed by atoms with Gasteiger partial charge in [0.05, 0.1) is 11.9 Å². The third-order valence-corrected chi connectivity index (χ3v) is 3.61. The van der Waals surface area contributed by atoms with Gasteiger partial charge in [0.25, 0.3) is 0 Å². The smallest absolute Gasteiger partial charge is 0.128 e. The summed E-state index contributed by atoms with van der Waals surface area (Å²) in [6.07, 6.45) is 1.78. The standard InChI is InChI=1S/C21H20N2O/c1-17-11-13-20(14-12-17)23-22-15-19-9-5-6-10-21(19)24-16-18-7-3-2-4-8-18/h2-15,23H,16H2,1H3/b22-15+. The van der Waals surface area contributed by atoms with Crippen molar-refractivity contribution in [2.75, 3.05) is 5.43 Å². The zero-order valence-electron chi connectivity index (χ0n) is 13.6. The number of anilines is 1. The fourth-order valence-electron chi connectivity index (χ4n) is 2.26. The lowest BCUT2D eigenvalue weighted by molar-refractivity contribution is 0.306. The lowest BCUT2D eigenvalue weighted by Gasteiger charge is -2.09. The molecule has 0 unspecified atom stereocenters. The van der Waals surface area contributed by atoms with Crippen LogP contribution in [0.15, 0.2) is 84.0 Å². The molecule has 3 aromatic rings. The highest BCUT2D eigenvalue weighted by Gasteiger charge is 2.01. The number of hydrogen-bond donors (Lipinski definition) is 1. The van der Waals surface area contributed by atoms with E-state index in [1.807, 2.05) is 54.6 Å². The maximum absolute atomic E-state index is 5.92. The Kier molecular flexibility index (Phi) is 5.25. The third-order valence-electron chi connectivity index (χ3n) is 3.61. The van der Waals surface area contributed by atoms with E-state index in [9.17, 15) is 0 Å². The predicted molar refractivity (Wildman–Crippen MR) is 99.6 cm³/mol. The minimum atomic E-state index is 0.539. The van der Waals surface area contributed by atoms with E-state index in [-0.39, 0.29) is 0 Å². The van der Waals surface area contributed by atoms with Gasteiger partial charge in [0, 0.05) is 5.56 Å². The van der Waals surface area contributed by atoms with E-state index < -0.39 is 0 Å². The van der Waals surface area contributed by atoms with Gasteiger partial charge in [-0.1, -0.05) is 60.2 Å². The van der Waals surface area contributed by atoms with Crippen LogP contribution in [0, 0.1) is 6.92 Å². The maximum Gasteiger partial charge on any atom is 0.128 e. The van der Waals surface area contributed by atoms with E-state index in [1.54, 1.807) is 6.21 Å². The number of nitrogens with one attached hydrogen (secondary N) is 1. The summed E-state index contributed by atoms with van der Waals surface area (Å²) in [4.78, 5) is 0. The molecule has 0 aliphatic rings. The van der Waals surface area contributed by atoms with Gasteiger partial charge in [0.1, 0.15) is 12.4 Å². The summed E-state index contributed by atoms with van der Waals surface area (Å²) in [5.74, 6) is 0.816. The van der Waals surface area contributed by atoms with Gasteiger partial charge in [-0.15, -0.1) is 0 Å². The first-order chi connectivity index (χ1) is 11.8. The normalized spacial score (nSPS) is 10.7. The highest BCUT2D eigenvalue weighted by atomic mass is 16.5. The summed E-state index contributed by atoms with van der Waals surface area (Å²) < 4.78 is 5.92. The molecule has 0 amide bonds.